The van der Waals surface area contributed by atoms with E-state index >= 15 is 0 Å². The van der Waals surface area contributed by atoms with E-state index < -0.39 is 0 Å². The molecule has 1 amide bonds. The maximum Gasteiger partial charge on any atom is 0.229 e. The molecule has 0 aliphatic carbocycles. The van der Waals surface area contributed by atoms with Crippen LogP contribution in [0.3, 0.4) is 0 Å². The van der Waals surface area contributed by atoms with E-state index in [0.29, 0.717) is 60.8 Å². The molecule has 0 spiro atoms. The number of aromatic amines is 1. The van der Waals surface area contributed by atoms with Gasteiger partial charge in [0.2, 0.25) is 11.9 Å². The van der Waals surface area contributed by atoms with Crippen molar-refractivity contribution in [2.24, 2.45) is 0 Å². The fraction of sp³-hybridized carbons (Fsp3) is 0.345. The number of rotatable bonds is 13. The Kier molecular flexibility index (Phi) is 8.74. The highest BCUT2D eigenvalue weighted by atomic mass is 16.5. The molecule has 4 aromatic heterocycles. The molecule has 6 rings (SSSR count). The van der Waals surface area contributed by atoms with Gasteiger partial charge in [0, 0.05) is 37.9 Å². The zero-order chi connectivity index (χ0) is 29.4. The predicted molar refractivity (Wildman–Crippen MR) is 161 cm³/mol. The molecule has 0 unspecified atom stereocenters. The van der Waals surface area contributed by atoms with Crippen molar-refractivity contribution in [1.82, 2.24) is 34.8 Å². The van der Waals surface area contributed by atoms with Crippen molar-refractivity contribution in [1.29, 1.82) is 0 Å². The third-order valence-corrected chi connectivity index (χ3v) is 6.84. The Hall–Kier alpha value is -4.97. The van der Waals surface area contributed by atoms with Crippen LogP contribution in [-0.2, 0) is 20.8 Å². The number of nitrogens with one attached hydrogen (secondary N) is 4. The molecule has 0 radical (unpaired) electrons. The number of anilines is 3. The number of imidazole rings is 2. The van der Waals surface area contributed by atoms with E-state index in [1.165, 1.54) is 0 Å². The highest BCUT2D eigenvalue weighted by Crippen LogP contribution is 2.26. The number of terminal acetylenes is 1. The van der Waals surface area contributed by atoms with Crippen molar-refractivity contribution in [2.45, 2.75) is 13.0 Å². The average Bonchev–Trinajstić information content (AvgIpc) is 3.79. The Balaban J connectivity index is 1.13. The number of fused-ring (bicyclic) bond motifs is 2. The lowest BCUT2D eigenvalue weighted by atomic mass is 10.2. The van der Waals surface area contributed by atoms with Gasteiger partial charge in [-0.05, 0) is 18.2 Å². The lowest BCUT2D eigenvalue weighted by molar-refractivity contribution is -0.117. The molecule has 0 bridgehead atoms. The summed E-state index contributed by atoms with van der Waals surface area (Å²) in [5, 5.41) is 9.67. The Morgan fingerprint density at radius 3 is 2.84 bits per heavy atom. The van der Waals surface area contributed by atoms with Crippen molar-refractivity contribution >= 4 is 45.6 Å². The van der Waals surface area contributed by atoms with E-state index in [1.807, 2.05) is 28.8 Å². The van der Waals surface area contributed by atoms with Gasteiger partial charge in [0.15, 0.2) is 17.0 Å². The van der Waals surface area contributed by atoms with Crippen molar-refractivity contribution < 1.29 is 18.7 Å². The second kappa shape index (κ2) is 13.3. The van der Waals surface area contributed by atoms with E-state index in [2.05, 4.69) is 36.7 Å². The second-order valence-corrected chi connectivity index (χ2v) is 9.81. The first kappa shape index (κ1) is 28.2. The number of ether oxygens (including phenoxy) is 2. The number of carbonyl (C=O) groups excluding carboxylic acids is 1. The number of carbonyl (C=O) groups is 1. The zero-order valence-electron chi connectivity index (χ0n) is 23.5. The van der Waals surface area contributed by atoms with Gasteiger partial charge in [-0.1, -0.05) is 5.92 Å². The van der Waals surface area contributed by atoms with Crippen LogP contribution in [0, 0.1) is 12.3 Å². The Morgan fingerprint density at radius 2 is 2.00 bits per heavy atom. The number of hydrogen-bond donors (Lipinski definition) is 4. The predicted octanol–water partition coefficient (Wildman–Crippen LogP) is 2.30. The molecule has 5 heterocycles. The molecular weight excluding hydrogens is 552 g/mol. The van der Waals surface area contributed by atoms with Crippen LogP contribution in [0.1, 0.15) is 12.2 Å². The second-order valence-electron chi connectivity index (χ2n) is 9.81. The van der Waals surface area contributed by atoms with Gasteiger partial charge < -0.3 is 39.7 Å². The maximum absolute atomic E-state index is 12.4. The van der Waals surface area contributed by atoms with E-state index in [1.54, 1.807) is 18.9 Å². The summed E-state index contributed by atoms with van der Waals surface area (Å²) in [5.74, 6) is 4.20. The van der Waals surface area contributed by atoms with E-state index in [4.69, 9.17) is 35.3 Å². The van der Waals surface area contributed by atoms with Gasteiger partial charge in [0.25, 0.3) is 0 Å². The Bertz CT molecular complexity index is 1720. The SMILES string of the molecule is C#CCOCCOCCC(=O)Nc1ccc2nc(CNc3nc(N4CCNCC4)nc4c3ncn4-c3ccoc3)[nH]c2c1. The summed E-state index contributed by atoms with van der Waals surface area (Å²) in [7, 11) is 0. The molecule has 14 nitrogen and oxygen atoms in total. The lowest BCUT2D eigenvalue weighted by Gasteiger charge is -2.27. The van der Waals surface area contributed by atoms with Crippen LogP contribution in [0.25, 0.3) is 27.9 Å². The molecule has 5 aromatic rings. The van der Waals surface area contributed by atoms with Gasteiger partial charge in [0.1, 0.15) is 25.0 Å². The lowest BCUT2D eigenvalue weighted by Crippen LogP contribution is -2.44. The first-order chi connectivity index (χ1) is 21.2. The van der Waals surface area contributed by atoms with Gasteiger partial charge in [-0.2, -0.15) is 9.97 Å². The number of nitrogens with zero attached hydrogens (tertiary/aromatic N) is 6. The van der Waals surface area contributed by atoms with E-state index in [0.717, 1.165) is 42.9 Å². The minimum Gasteiger partial charge on any atom is -0.470 e. The number of H-pyrrole nitrogens is 1. The van der Waals surface area contributed by atoms with Gasteiger partial charge in [-0.3, -0.25) is 9.36 Å². The minimum atomic E-state index is -0.145. The quantitative estimate of drug-likeness (QED) is 0.119. The fourth-order valence-electron chi connectivity index (χ4n) is 4.73. The molecule has 43 heavy (non-hydrogen) atoms. The average molecular weight is 585 g/mol. The van der Waals surface area contributed by atoms with Crippen molar-refractivity contribution in [3.8, 4) is 18.0 Å². The molecule has 14 heteroatoms. The fourth-order valence-corrected chi connectivity index (χ4v) is 4.73. The number of benzene rings is 1. The first-order valence-electron chi connectivity index (χ1n) is 14.0. The highest BCUT2D eigenvalue weighted by Gasteiger charge is 2.20. The summed E-state index contributed by atoms with van der Waals surface area (Å²) in [5.41, 5.74) is 4.40. The summed E-state index contributed by atoms with van der Waals surface area (Å²) in [6.07, 6.45) is 10.3. The summed E-state index contributed by atoms with van der Waals surface area (Å²) < 4.78 is 17.7. The molecule has 1 fully saturated rings. The molecule has 4 N–H and O–H groups in total. The molecule has 1 saturated heterocycles. The third kappa shape index (κ3) is 6.75. The number of aromatic nitrogens is 6. The summed E-state index contributed by atoms with van der Waals surface area (Å²) in [4.78, 5) is 36.9. The zero-order valence-corrected chi connectivity index (χ0v) is 23.5. The Labute approximate surface area is 247 Å². The van der Waals surface area contributed by atoms with Crippen LogP contribution < -0.4 is 20.9 Å². The summed E-state index contributed by atoms with van der Waals surface area (Å²) in [6.45, 7) is 5.05. The van der Waals surface area contributed by atoms with Crippen LogP contribution in [0.2, 0.25) is 0 Å². The monoisotopic (exact) mass is 584 g/mol. The van der Waals surface area contributed by atoms with Crippen molar-refractivity contribution in [3.05, 3.63) is 48.9 Å². The third-order valence-electron chi connectivity index (χ3n) is 6.84. The largest absolute Gasteiger partial charge is 0.470 e. The molecule has 0 saturated carbocycles. The molecule has 1 aliphatic rings. The van der Waals surface area contributed by atoms with Crippen LogP contribution in [-0.4, -0.2) is 88.0 Å². The van der Waals surface area contributed by atoms with E-state index in [9.17, 15) is 4.79 Å². The topological polar surface area (TPSA) is 160 Å². The number of piperazine rings is 1. The van der Waals surface area contributed by atoms with Crippen molar-refractivity contribution in [2.75, 3.05) is 68.1 Å². The van der Waals surface area contributed by atoms with E-state index in [-0.39, 0.29) is 18.9 Å². The molecule has 222 valence electrons. The van der Waals surface area contributed by atoms with Gasteiger partial charge >= 0.3 is 0 Å². The van der Waals surface area contributed by atoms with Gasteiger partial charge in [-0.15, -0.1) is 6.42 Å². The standard InChI is InChI=1S/C29H32N10O4/c1-2-11-41-14-15-42-13-6-25(40)33-20-3-4-22-23(16-20)35-24(34-22)17-31-27-26-28(39(19-32-26)21-5-12-43-18-21)37-29(36-27)38-9-7-30-8-10-38/h1,3-5,12,16,18-19,30H,6-11,13-15,17H2,(H,33,40)(H,34,35)(H,31,36,37). The normalized spacial score (nSPS) is 13.4. The van der Waals surface area contributed by atoms with Gasteiger partial charge in [0.05, 0.1) is 55.8 Å². The smallest absolute Gasteiger partial charge is 0.229 e. The molecule has 0 atom stereocenters. The summed E-state index contributed by atoms with van der Waals surface area (Å²) >= 11 is 0. The number of amides is 1. The van der Waals surface area contributed by atoms with Gasteiger partial charge in [-0.25, -0.2) is 9.97 Å². The highest BCUT2D eigenvalue weighted by molar-refractivity contribution is 5.93. The summed E-state index contributed by atoms with van der Waals surface area (Å²) in [6, 6.07) is 7.40. The molecule has 1 aromatic carbocycles. The van der Waals surface area contributed by atoms with Crippen LogP contribution >= 0.6 is 0 Å². The van der Waals surface area contributed by atoms with Crippen LogP contribution in [0.5, 0.6) is 0 Å². The van der Waals surface area contributed by atoms with Crippen molar-refractivity contribution in [3.63, 3.8) is 0 Å². The van der Waals surface area contributed by atoms with Crippen LogP contribution in [0.15, 0.2) is 47.5 Å². The minimum absolute atomic E-state index is 0.145. The number of furan rings is 1. The first-order valence-corrected chi connectivity index (χ1v) is 14.0. The number of hydrogen-bond acceptors (Lipinski definition) is 11. The molecular formula is C29H32N10O4. The molecule has 1 aliphatic heterocycles. The Morgan fingerprint density at radius 1 is 1.12 bits per heavy atom. The maximum atomic E-state index is 12.4. The van der Waals surface area contributed by atoms with Crippen LogP contribution in [0.4, 0.5) is 17.5 Å².